The SMILES string of the molecule is O=C(NC1CC(O)C(CO)C1)c1cc(Cl)ccc1Cl. The van der Waals surface area contributed by atoms with Crippen molar-refractivity contribution in [3.8, 4) is 0 Å². The molecule has 4 nitrogen and oxygen atoms in total. The molecule has 1 aliphatic rings. The second kappa shape index (κ2) is 6.09. The smallest absolute Gasteiger partial charge is 0.253 e. The minimum absolute atomic E-state index is 0.0779. The van der Waals surface area contributed by atoms with Crippen molar-refractivity contribution in [3.05, 3.63) is 33.8 Å². The predicted octanol–water partition coefficient (Wildman–Crippen LogP) is 1.85. The lowest BCUT2D eigenvalue weighted by atomic mass is 10.1. The summed E-state index contributed by atoms with van der Waals surface area (Å²) in [6.07, 6.45) is 0.418. The molecule has 1 aliphatic carbocycles. The van der Waals surface area contributed by atoms with Gasteiger partial charge in [-0.15, -0.1) is 0 Å². The van der Waals surface area contributed by atoms with Crippen LogP contribution in [0.2, 0.25) is 10.0 Å². The molecule has 2 rings (SSSR count). The number of halogens is 2. The van der Waals surface area contributed by atoms with E-state index in [1.165, 1.54) is 6.07 Å². The average Bonchev–Trinajstić information content (AvgIpc) is 2.72. The number of hydrogen-bond donors (Lipinski definition) is 3. The highest BCUT2D eigenvalue weighted by Gasteiger charge is 2.33. The van der Waals surface area contributed by atoms with E-state index in [0.717, 1.165) is 0 Å². The number of carbonyl (C=O) groups excluding carboxylic acids is 1. The Morgan fingerprint density at radius 2 is 2.11 bits per heavy atom. The molecule has 1 saturated carbocycles. The number of aliphatic hydroxyl groups is 2. The maximum Gasteiger partial charge on any atom is 0.253 e. The summed E-state index contributed by atoms with van der Waals surface area (Å²) in [6.45, 7) is -0.0779. The van der Waals surface area contributed by atoms with Gasteiger partial charge in [-0.25, -0.2) is 0 Å². The van der Waals surface area contributed by atoms with Crippen LogP contribution in [-0.2, 0) is 0 Å². The molecule has 104 valence electrons. The fraction of sp³-hybridized carbons (Fsp3) is 0.462. The van der Waals surface area contributed by atoms with Gasteiger partial charge in [0.25, 0.3) is 5.91 Å². The number of rotatable bonds is 3. The van der Waals surface area contributed by atoms with Crippen molar-refractivity contribution < 1.29 is 15.0 Å². The molecule has 3 atom stereocenters. The molecule has 0 aliphatic heterocycles. The highest BCUT2D eigenvalue weighted by atomic mass is 35.5. The standard InChI is InChI=1S/C13H15Cl2NO3/c14-8-1-2-11(15)10(4-8)13(19)16-9-3-7(6-17)12(18)5-9/h1-2,4,7,9,12,17-18H,3,5-6H2,(H,16,19). The molecule has 3 unspecified atom stereocenters. The second-order valence-corrected chi connectivity index (χ2v) is 5.62. The van der Waals surface area contributed by atoms with Crippen molar-refractivity contribution in [3.63, 3.8) is 0 Å². The molecule has 0 radical (unpaired) electrons. The molecular weight excluding hydrogens is 289 g/mol. The van der Waals surface area contributed by atoms with Crippen LogP contribution in [0.3, 0.4) is 0 Å². The minimum atomic E-state index is -0.579. The predicted molar refractivity (Wildman–Crippen MR) is 73.5 cm³/mol. The normalized spacial score (nSPS) is 26.4. The molecular formula is C13H15Cl2NO3. The Morgan fingerprint density at radius 3 is 2.74 bits per heavy atom. The highest BCUT2D eigenvalue weighted by molar-refractivity contribution is 6.35. The van der Waals surface area contributed by atoms with Gasteiger partial charge >= 0.3 is 0 Å². The van der Waals surface area contributed by atoms with E-state index in [1.54, 1.807) is 12.1 Å². The van der Waals surface area contributed by atoms with Crippen LogP contribution in [-0.4, -0.2) is 34.9 Å². The third-order valence-electron chi connectivity index (χ3n) is 3.40. The Balaban J connectivity index is 2.04. The van der Waals surface area contributed by atoms with E-state index in [4.69, 9.17) is 28.3 Å². The number of amides is 1. The van der Waals surface area contributed by atoms with Gasteiger partial charge in [0.2, 0.25) is 0 Å². The lowest BCUT2D eigenvalue weighted by Gasteiger charge is -2.13. The largest absolute Gasteiger partial charge is 0.396 e. The first-order valence-electron chi connectivity index (χ1n) is 6.06. The van der Waals surface area contributed by atoms with Crippen molar-refractivity contribution in [2.45, 2.75) is 25.0 Å². The van der Waals surface area contributed by atoms with Gasteiger partial charge in [0.05, 0.1) is 16.7 Å². The number of benzene rings is 1. The van der Waals surface area contributed by atoms with Crippen molar-refractivity contribution >= 4 is 29.1 Å². The summed E-state index contributed by atoms with van der Waals surface area (Å²) >= 11 is 11.8. The fourth-order valence-electron chi connectivity index (χ4n) is 2.35. The average molecular weight is 304 g/mol. The topological polar surface area (TPSA) is 69.6 Å². The van der Waals surface area contributed by atoms with Crippen molar-refractivity contribution in [2.75, 3.05) is 6.61 Å². The molecule has 1 aromatic rings. The van der Waals surface area contributed by atoms with Crippen LogP contribution in [0, 0.1) is 5.92 Å². The van der Waals surface area contributed by atoms with Crippen LogP contribution in [0.5, 0.6) is 0 Å². The lowest BCUT2D eigenvalue weighted by Crippen LogP contribution is -2.33. The monoisotopic (exact) mass is 303 g/mol. The molecule has 1 fully saturated rings. The molecule has 3 N–H and O–H groups in total. The van der Waals surface area contributed by atoms with Gasteiger partial charge < -0.3 is 15.5 Å². The summed E-state index contributed by atoms with van der Waals surface area (Å²) in [5.74, 6) is -0.497. The Morgan fingerprint density at radius 1 is 1.37 bits per heavy atom. The Kier molecular flexibility index (Phi) is 4.68. The van der Waals surface area contributed by atoms with E-state index >= 15 is 0 Å². The van der Waals surface area contributed by atoms with Gasteiger partial charge in [-0.1, -0.05) is 23.2 Å². The third kappa shape index (κ3) is 3.39. The fourth-order valence-corrected chi connectivity index (χ4v) is 2.73. The first-order valence-corrected chi connectivity index (χ1v) is 6.81. The Labute approximate surface area is 121 Å². The maximum atomic E-state index is 12.1. The van der Waals surface area contributed by atoms with E-state index in [2.05, 4.69) is 5.32 Å². The minimum Gasteiger partial charge on any atom is -0.396 e. The molecule has 0 aromatic heterocycles. The molecule has 1 amide bonds. The van der Waals surface area contributed by atoms with E-state index in [0.29, 0.717) is 28.5 Å². The maximum absolute atomic E-state index is 12.1. The first-order chi connectivity index (χ1) is 9.01. The molecule has 0 heterocycles. The quantitative estimate of drug-likeness (QED) is 0.798. The van der Waals surface area contributed by atoms with E-state index in [1.807, 2.05) is 0 Å². The molecule has 0 bridgehead atoms. The first kappa shape index (κ1) is 14.6. The molecule has 0 saturated heterocycles. The van der Waals surface area contributed by atoms with Crippen LogP contribution in [0.1, 0.15) is 23.2 Å². The van der Waals surface area contributed by atoms with Gasteiger partial charge in [0, 0.05) is 23.6 Å². The van der Waals surface area contributed by atoms with Gasteiger partial charge in [0.15, 0.2) is 0 Å². The van der Waals surface area contributed by atoms with Crippen LogP contribution in [0.25, 0.3) is 0 Å². The van der Waals surface area contributed by atoms with E-state index in [9.17, 15) is 9.90 Å². The lowest BCUT2D eigenvalue weighted by molar-refractivity contribution is 0.0903. The number of aliphatic hydroxyl groups excluding tert-OH is 2. The molecule has 6 heteroatoms. The van der Waals surface area contributed by atoms with E-state index < -0.39 is 6.10 Å². The van der Waals surface area contributed by atoms with Crippen LogP contribution in [0.15, 0.2) is 18.2 Å². The molecule has 1 aromatic carbocycles. The zero-order chi connectivity index (χ0) is 14.0. The van der Waals surface area contributed by atoms with E-state index in [-0.39, 0.29) is 24.5 Å². The highest BCUT2D eigenvalue weighted by Crippen LogP contribution is 2.27. The Bertz CT molecular complexity index is 481. The van der Waals surface area contributed by atoms with Crippen LogP contribution in [0.4, 0.5) is 0 Å². The third-order valence-corrected chi connectivity index (χ3v) is 3.96. The Hall–Kier alpha value is -0.810. The molecule has 19 heavy (non-hydrogen) atoms. The van der Waals surface area contributed by atoms with Crippen molar-refractivity contribution in [2.24, 2.45) is 5.92 Å². The summed E-state index contributed by atoms with van der Waals surface area (Å²) in [5, 5.41) is 22.3. The van der Waals surface area contributed by atoms with Crippen molar-refractivity contribution in [1.29, 1.82) is 0 Å². The van der Waals surface area contributed by atoms with Gasteiger partial charge in [-0.3, -0.25) is 4.79 Å². The summed E-state index contributed by atoms with van der Waals surface area (Å²) < 4.78 is 0. The van der Waals surface area contributed by atoms with Crippen molar-refractivity contribution in [1.82, 2.24) is 5.32 Å². The zero-order valence-electron chi connectivity index (χ0n) is 10.1. The van der Waals surface area contributed by atoms with Gasteiger partial charge in [0.1, 0.15) is 0 Å². The van der Waals surface area contributed by atoms with Crippen LogP contribution < -0.4 is 5.32 Å². The summed E-state index contributed by atoms with van der Waals surface area (Å²) in [4.78, 5) is 12.1. The van der Waals surface area contributed by atoms with Crippen LogP contribution >= 0.6 is 23.2 Å². The summed E-state index contributed by atoms with van der Waals surface area (Å²) in [7, 11) is 0. The zero-order valence-corrected chi connectivity index (χ0v) is 11.7. The number of carbonyl (C=O) groups is 1. The number of hydrogen-bond acceptors (Lipinski definition) is 3. The second-order valence-electron chi connectivity index (χ2n) is 4.78. The molecule has 0 spiro atoms. The van der Waals surface area contributed by atoms with Gasteiger partial charge in [-0.2, -0.15) is 0 Å². The van der Waals surface area contributed by atoms with Gasteiger partial charge in [-0.05, 0) is 31.0 Å². The number of nitrogens with one attached hydrogen (secondary N) is 1. The summed E-state index contributed by atoms with van der Waals surface area (Å²) in [5.41, 5.74) is 0.316. The summed E-state index contributed by atoms with van der Waals surface area (Å²) in [6, 6.07) is 4.53.